The molecule has 0 fully saturated rings. The van der Waals surface area contributed by atoms with Crippen LogP contribution in [0.2, 0.25) is 0 Å². The van der Waals surface area contributed by atoms with Gasteiger partial charge in [0.15, 0.2) is 11.5 Å². The van der Waals surface area contributed by atoms with E-state index in [1.54, 1.807) is 14.2 Å². The Morgan fingerprint density at radius 3 is 2.52 bits per heavy atom. The van der Waals surface area contributed by atoms with E-state index in [1.165, 1.54) is 22.3 Å². The standard InChI is InChI=1S/C18H19NO2/c1-20-16-9-12-7-8-19-11-13-5-3-4-6-14(13)18(19)15(12)10-17(16)21-2/h3-6,9-10,18H,7-8,11H2,1-2H3. The number of fused-ring (bicyclic) bond motifs is 5. The molecule has 4 rings (SSSR count). The quantitative estimate of drug-likeness (QED) is 0.844. The summed E-state index contributed by atoms with van der Waals surface area (Å²) in [5.74, 6) is 1.65. The number of methoxy groups -OCH3 is 2. The van der Waals surface area contributed by atoms with Crippen molar-refractivity contribution in [1.29, 1.82) is 0 Å². The Bertz CT molecular complexity index is 696. The van der Waals surface area contributed by atoms with Crippen molar-refractivity contribution in [2.24, 2.45) is 0 Å². The molecule has 2 aliphatic heterocycles. The van der Waals surface area contributed by atoms with Crippen molar-refractivity contribution < 1.29 is 9.47 Å². The van der Waals surface area contributed by atoms with Gasteiger partial charge in [0.2, 0.25) is 0 Å². The maximum atomic E-state index is 5.50. The maximum absolute atomic E-state index is 5.50. The average Bonchev–Trinajstić information content (AvgIpc) is 2.92. The molecule has 0 saturated heterocycles. The van der Waals surface area contributed by atoms with Gasteiger partial charge in [-0.2, -0.15) is 0 Å². The van der Waals surface area contributed by atoms with Crippen LogP contribution < -0.4 is 9.47 Å². The van der Waals surface area contributed by atoms with E-state index in [4.69, 9.17) is 9.47 Å². The van der Waals surface area contributed by atoms with Gasteiger partial charge in [0.05, 0.1) is 20.3 Å². The molecule has 0 amide bonds. The summed E-state index contributed by atoms with van der Waals surface area (Å²) in [6, 6.07) is 13.4. The average molecular weight is 281 g/mol. The summed E-state index contributed by atoms with van der Waals surface area (Å²) >= 11 is 0. The van der Waals surface area contributed by atoms with Crippen molar-refractivity contribution in [2.75, 3.05) is 20.8 Å². The predicted molar refractivity (Wildman–Crippen MR) is 81.9 cm³/mol. The number of hydrogen-bond acceptors (Lipinski definition) is 3. The van der Waals surface area contributed by atoms with E-state index in [-0.39, 0.29) is 0 Å². The van der Waals surface area contributed by atoms with Crippen LogP contribution in [-0.2, 0) is 13.0 Å². The van der Waals surface area contributed by atoms with E-state index in [9.17, 15) is 0 Å². The number of rotatable bonds is 2. The SMILES string of the molecule is COc1cc2c(cc1OC)C1c3ccccc3CN1CC2. The maximum Gasteiger partial charge on any atom is 0.161 e. The third-order valence-electron chi connectivity index (χ3n) is 4.70. The van der Waals surface area contributed by atoms with Crippen molar-refractivity contribution in [3.05, 3.63) is 58.7 Å². The molecule has 21 heavy (non-hydrogen) atoms. The Hall–Kier alpha value is -2.00. The summed E-state index contributed by atoms with van der Waals surface area (Å²) in [7, 11) is 3.40. The summed E-state index contributed by atoms with van der Waals surface area (Å²) in [6.45, 7) is 2.15. The molecule has 2 aliphatic rings. The van der Waals surface area contributed by atoms with E-state index in [1.807, 2.05) is 0 Å². The molecule has 2 aromatic carbocycles. The zero-order valence-corrected chi connectivity index (χ0v) is 12.4. The molecule has 0 spiro atoms. The van der Waals surface area contributed by atoms with Crippen LogP contribution >= 0.6 is 0 Å². The summed E-state index contributed by atoms with van der Waals surface area (Å²) in [4.78, 5) is 2.55. The monoisotopic (exact) mass is 281 g/mol. The Labute approximate surface area is 125 Å². The van der Waals surface area contributed by atoms with Gasteiger partial charge in [-0.15, -0.1) is 0 Å². The number of hydrogen-bond donors (Lipinski definition) is 0. The van der Waals surface area contributed by atoms with Crippen LogP contribution in [0.4, 0.5) is 0 Å². The second kappa shape index (κ2) is 4.78. The summed E-state index contributed by atoms with van der Waals surface area (Å²) in [6.07, 6.45) is 1.07. The molecule has 2 aromatic rings. The highest BCUT2D eigenvalue weighted by Gasteiger charge is 2.35. The molecule has 1 unspecified atom stereocenters. The van der Waals surface area contributed by atoms with Crippen LogP contribution in [0.3, 0.4) is 0 Å². The lowest BCUT2D eigenvalue weighted by Crippen LogP contribution is -2.30. The van der Waals surface area contributed by atoms with Crippen molar-refractivity contribution in [1.82, 2.24) is 4.90 Å². The van der Waals surface area contributed by atoms with Crippen LogP contribution in [0.1, 0.15) is 28.3 Å². The van der Waals surface area contributed by atoms with Gasteiger partial charge in [0.25, 0.3) is 0 Å². The largest absolute Gasteiger partial charge is 0.493 e. The van der Waals surface area contributed by atoms with Crippen molar-refractivity contribution in [3.8, 4) is 11.5 Å². The lowest BCUT2D eigenvalue weighted by molar-refractivity contribution is 0.230. The molecule has 3 heteroatoms. The molecule has 0 N–H and O–H groups in total. The minimum atomic E-state index is 0.366. The molecule has 0 aromatic heterocycles. The van der Waals surface area contributed by atoms with Crippen molar-refractivity contribution in [3.63, 3.8) is 0 Å². The first-order chi connectivity index (χ1) is 10.3. The number of benzene rings is 2. The predicted octanol–water partition coefficient (Wildman–Crippen LogP) is 3.16. The molecule has 108 valence electrons. The van der Waals surface area contributed by atoms with Crippen LogP contribution in [0, 0.1) is 0 Å². The fourth-order valence-corrected chi connectivity index (χ4v) is 3.70. The molecular weight excluding hydrogens is 262 g/mol. The molecule has 0 radical (unpaired) electrons. The zero-order chi connectivity index (χ0) is 14.4. The normalized spacial score (nSPS) is 19.6. The lowest BCUT2D eigenvalue weighted by Gasteiger charge is -2.33. The Balaban J connectivity index is 1.88. The third kappa shape index (κ3) is 1.84. The second-order valence-corrected chi connectivity index (χ2v) is 5.73. The lowest BCUT2D eigenvalue weighted by atomic mass is 9.89. The minimum absolute atomic E-state index is 0.366. The van der Waals surface area contributed by atoms with E-state index in [0.29, 0.717) is 6.04 Å². The molecule has 2 heterocycles. The van der Waals surface area contributed by atoms with Gasteiger partial charge in [-0.3, -0.25) is 4.90 Å². The second-order valence-electron chi connectivity index (χ2n) is 5.73. The van der Waals surface area contributed by atoms with Crippen molar-refractivity contribution >= 4 is 0 Å². The highest BCUT2D eigenvalue weighted by molar-refractivity contribution is 5.53. The Morgan fingerprint density at radius 1 is 0.952 bits per heavy atom. The summed E-state index contributed by atoms with van der Waals surface area (Å²) < 4.78 is 10.9. The Kier molecular flexibility index (Phi) is 2.89. The number of nitrogens with zero attached hydrogens (tertiary/aromatic N) is 1. The highest BCUT2D eigenvalue weighted by Crippen LogP contribution is 2.45. The molecule has 0 bridgehead atoms. The van der Waals surface area contributed by atoms with Gasteiger partial charge in [-0.1, -0.05) is 24.3 Å². The van der Waals surface area contributed by atoms with E-state index >= 15 is 0 Å². The first-order valence-electron chi connectivity index (χ1n) is 7.38. The molecule has 1 atom stereocenters. The van der Waals surface area contributed by atoms with Gasteiger partial charge in [0.1, 0.15) is 0 Å². The third-order valence-corrected chi connectivity index (χ3v) is 4.70. The first kappa shape index (κ1) is 12.7. The van der Waals surface area contributed by atoms with Crippen molar-refractivity contribution in [2.45, 2.75) is 19.0 Å². The summed E-state index contributed by atoms with van der Waals surface area (Å²) in [5, 5.41) is 0. The van der Waals surface area contributed by atoms with Crippen LogP contribution in [0.5, 0.6) is 11.5 Å². The van der Waals surface area contributed by atoms with Crippen LogP contribution in [0.25, 0.3) is 0 Å². The fourth-order valence-electron chi connectivity index (χ4n) is 3.70. The highest BCUT2D eigenvalue weighted by atomic mass is 16.5. The van der Waals surface area contributed by atoms with Gasteiger partial charge in [-0.05, 0) is 40.8 Å². The van der Waals surface area contributed by atoms with E-state index < -0.39 is 0 Å². The fraction of sp³-hybridized carbons (Fsp3) is 0.333. The van der Waals surface area contributed by atoms with Gasteiger partial charge in [-0.25, -0.2) is 0 Å². The Morgan fingerprint density at radius 2 is 1.71 bits per heavy atom. The molecule has 3 nitrogen and oxygen atoms in total. The van der Waals surface area contributed by atoms with Gasteiger partial charge in [0, 0.05) is 13.1 Å². The van der Waals surface area contributed by atoms with Gasteiger partial charge < -0.3 is 9.47 Å². The molecular formula is C18H19NO2. The van der Waals surface area contributed by atoms with E-state index in [0.717, 1.165) is 31.0 Å². The number of ether oxygens (including phenoxy) is 2. The van der Waals surface area contributed by atoms with Crippen LogP contribution in [-0.4, -0.2) is 25.7 Å². The van der Waals surface area contributed by atoms with Crippen LogP contribution in [0.15, 0.2) is 36.4 Å². The molecule has 0 saturated carbocycles. The zero-order valence-electron chi connectivity index (χ0n) is 12.4. The van der Waals surface area contributed by atoms with Gasteiger partial charge >= 0.3 is 0 Å². The minimum Gasteiger partial charge on any atom is -0.493 e. The smallest absolute Gasteiger partial charge is 0.161 e. The van der Waals surface area contributed by atoms with E-state index in [2.05, 4.69) is 41.3 Å². The topological polar surface area (TPSA) is 21.7 Å². The summed E-state index contributed by atoms with van der Waals surface area (Å²) in [5.41, 5.74) is 5.63. The first-order valence-corrected chi connectivity index (χ1v) is 7.38. The molecule has 0 aliphatic carbocycles.